The smallest absolute Gasteiger partial charge is 0.307 e. The maximum atomic E-state index is 11.0. The number of aliphatic carboxylic acids is 1. The average molecular weight is 206 g/mol. The Labute approximate surface area is 90.9 Å². The Morgan fingerprint density at radius 1 is 1.27 bits per heavy atom. The molecule has 1 atom stereocenters. The van der Waals surface area contributed by atoms with Crippen molar-refractivity contribution in [2.45, 2.75) is 27.2 Å². The average Bonchev–Trinajstić information content (AvgIpc) is 2.15. The lowest BCUT2D eigenvalue weighted by Crippen LogP contribution is -2.22. The molecule has 0 aliphatic carbocycles. The summed E-state index contributed by atoms with van der Waals surface area (Å²) in [5.41, 5.74) is 2.30. The molecular weight excluding hydrogens is 188 g/mol. The Bertz CT molecular complexity index is 325. The van der Waals surface area contributed by atoms with Crippen molar-refractivity contribution < 1.29 is 9.90 Å². The molecule has 1 N–H and O–H groups in total. The van der Waals surface area contributed by atoms with Gasteiger partial charge in [0, 0.05) is 0 Å². The van der Waals surface area contributed by atoms with Crippen LogP contribution in [0.25, 0.3) is 0 Å². The molecule has 2 heteroatoms. The maximum Gasteiger partial charge on any atom is 0.307 e. The van der Waals surface area contributed by atoms with Crippen molar-refractivity contribution in [2.24, 2.45) is 11.8 Å². The Hall–Kier alpha value is -1.31. The van der Waals surface area contributed by atoms with E-state index in [1.54, 1.807) is 0 Å². The van der Waals surface area contributed by atoms with E-state index in [2.05, 4.69) is 0 Å². The molecule has 0 aliphatic heterocycles. The Balaban J connectivity index is 2.74. The summed E-state index contributed by atoms with van der Waals surface area (Å²) in [5, 5.41) is 9.06. The van der Waals surface area contributed by atoms with Gasteiger partial charge in [-0.3, -0.25) is 4.79 Å². The van der Waals surface area contributed by atoms with Crippen LogP contribution in [0.1, 0.15) is 25.0 Å². The van der Waals surface area contributed by atoms with Gasteiger partial charge in [-0.2, -0.15) is 0 Å². The molecule has 0 saturated heterocycles. The lowest BCUT2D eigenvalue weighted by atomic mass is 9.89. The zero-order valence-electron chi connectivity index (χ0n) is 9.53. The first-order valence-corrected chi connectivity index (χ1v) is 5.29. The van der Waals surface area contributed by atoms with Gasteiger partial charge < -0.3 is 5.11 Å². The summed E-state index contributed by atoms with van der Waals surface area (Å²) in [6.45, 7) is 5.93. The molecule has 0 aromatic heterocycles. The molecule has 0 aliphatic rings. The van der Waals surface area contributed by atoms with Crippen molar-refractivity contribution in [1.29, 1.82) is 0 Å². The molecule has 0 bridgehead atoms. The van der Waals surface area contributed by atoms with Crippen LogP contribution in [0.2, 0.25) is 0 Å². The molecule has 82 valence electrons. The highest BCUT2D eigenvalue weighted by atomic mass is 16.4. The Morgan fingerprint density at radius 3 is 2.20 bits per heavy atom. The second-order valence-corrected chi connectivity index (χ2v) is 4.38. The van der Waals surface area contributed by atoms with Gasteiger partial charge in [-0.05, 0) is 24.8 Å². The van der Waals surface area contributed by atoms with Gasteiger partial charge in [0.2, 0.25) is 0 Å². The number of carboxylic acids is 1. The summed E-state index contributed by atoms with van der Waals surface area (Å²) in [6.07, 6.45) is 0.618. The van der Waals surface area contributed by atoms with Gasteiger partial charge in [0.05, 0.1) is 5.92 Å². The summed E-state index contributed by atoms with van der Waals surface area (Å²) in [7, 11) is 0. The number of hydrogen-bond acceptors (Lipinski definition) is 1. The summed E-state index contributed by atoms with van der Waals surface area (Å²) < 4.78 is 0. The molecule has 1 rings (SSSR count). The zero-order chi connectivity index (χ0) is 11.4. The van der Waals surface area contributed by atoms with Crippen LogP contribution < -0.4 is 0 Å². The minimum Gasteiger partial charge on any atom is -0.481 e. The van der Waals surface area contributed by atoms with Crippen LogP contribution in [-0.2, 0) is 11.2 Å². The molecule has 0 heterocycles. The molecule has 0 spiro atoms. The number of hydrogen-bond donors (Lipinski definition) is 1. The number of benzene rings is 1. The molecule has 0 fully saturated rings. The quantitative estimate of drug-likeness (QED) is 0.822. The van der Waals surface area contributed by atoms with E-state index < -0.39 is 5.97 Å². The van der Waals surface area contributed by atoms with Crippen LogP contribution in [0.5, 0.6) is 0 Å². The first-order chi connectivity index (χ1) is 7.00. The summed E-state index contributed by atoms with van der Waals surface area (Å²) >= 11 is 0. The first-order valence-electron chi connectivity index (χ1n) is 5.29. The summed E-state index contributed by atoms with van der Waals surface area (Å²) in [4.78, 5) is 11.0. The van der Waals surface area contributed by atoms with Crippen molar-refractivity contribution in [1.82, 2.24) is 0 Å². The molecule has 1 aromatic carbocycles. The largest absolute Gasteiger partial charge is 0.481 e. The van der Waals surface area contributed by atoms with E-state index in [4.69, 9.17) is 5.11 Å². The molecule has 0 radical (unpaired) electrons. The fourth-order valence-electron chi connectivity index (χ4n) is 1.59. The number of carbonyl (C=O) groups is 1. The van der Waals surface area contributed by atoms with Gasteiger partial charge in [0.25, 0.3) is 0 Å². The molecule has 0 saturated carbocycles. The predicted molar refractivity (Wildman–Crippen MR) is 60.8 cm³/mol. The topological polar surface area (TPSA) is 37.3 Å². The maximum absolute atomic E-state index is 11.0. The monoisotopic (exact) mass is 206 g/mol. The van der Waals surface area contributed by atoms with Crippen molar-refractivity contribution in [3.63, 3.8) is 0 Å². The van der Waals surface area contributed by atoms with Crippen LogP contribution in [0.4, 0.5) is 0 Å². The predicted octanol–water partition coefficient (Wildman–Crippen LogP) is 2.89. The summed E-state index contributed by atoms with van der Waals surface area (Å²) in [5.74, 6) is -0.818. The van der Waals surface area contributed by atoms with E-state index in [1.807, 2.05) is 45.0 Å². The van der Waals surface area contributed by atoms with Crippen LogP contribution in [0, 0.1) is 18.8 Å². The highest BCUT2D eigenvalue weighted by Gasteiger charge is 2.21. The fourth-order valence-corrected chi connectivity index (χ4v) is 1.59. The second kappa shape index (κ2) is 4.96. The number of rotatable bonds is 4. The van der Waals surface area contributed by atoms with Gasteiger partial charge in [0.1, 0.15) is 0 Å². The van der Waals surface area contributed by atoms with Gasteiger partial charge in [-0.1, -0.05) is 43.7 Å². The summed E-state index contributed by atoms with van der Waals surface area (Å²) in [6, 6.07) is 8.06. The second-order valence-electron chi connectivity index (χ2n) is 4.38. The molecule has 0 amide bonds. The third-order valence-electron chi connectivity index (χ3n) is 2.70. The van der Waals surface area contributed by atoms with Crippen LogP contribution in [0.3, 0.4) is 0 Å². The fraction of sp³-hybridized carbons (Fsp3) is 0.462. The van der Waals surface area contributed by atoms with Gasteiger partial charge >= 0.3 is 5.97 Å². The lowest BCUT2D eigenvalue weighted by molar-refractivity contribution is -0.143. The van der Waals surface area contributed by atoms with Crippen LogP contribution in [-0.4, -0.2) is 11.1 Å². The van der Waals surface area contributed by atoms with E-state index in [1.165, 1.54) is 5.56 Å². The SMILES string of the molecule is Cc1ccc(CC(C(=O)O)C(C)C)cc1. The van der Waals surface area contributed by atoms with Crippen molar-refractivity contribution in [3.8, 4) is 0 Å². The molecule has 1 aromatic rings. The Morgan fingerprint density at radius 2 is 1.80 bits per heavy atom. The van der Waals surface area contributed by atoms with Gasteiger partial charge in [-0.25, -0.2) is 0 Å². The van der Waals surface area contributed by atoms with E-state index in [-0.39, 0.29) is 11.8 Å². The third-order valence-corrected chi connectivity index (χ3v) is 2.70. The number of carboxylic acid groups (broad SMARTS) is 1. The van der Waals surface area contributed by atoms with E-state index in [0.717, 1.165) is 5.56 Å². The van der Waals surface area contributed by atoms with Crippen molar-refractivity contribution in [3.05, 3.63) is 35.4 Å². The minimum atomic E-state index is -0.703. The first kappa shape index (κ1) is 11.8. The van der Waals surface area contributed by atoms with E-state index in [0.29, 0.717) is 6.42 Å². The van der Waals surface area contributed by atoms with E-state index in [9.17, 15) is 4.79 Å². The molecule has 15 heavy (non-hydrogen) atoms. The highest BCUT2D eigenvalue weighted by molar-refractivity contribution is 5.70. The minimum absolute atomic E-state index is 0.170. The molecule has 1 unspecified atom stereocenters. The normalized spacial score (nSPS) is 12.8. The standard InChI is InChI=1S/C13H18O2/c1-9(2)12(13(14)15)8-11-6-4-10(3)5-7-11/h4-7,9,12H,8H2,1-3H3,(H,14,15). The van der Waals surface area contributed by atoms with Crippen molar-refractivity contribution in [2.75, 3.05) is 0 Å². The van der Waals surface area contributed by atoms with Crippen molar-refractivity contribution >= 4 is 5.97 Å². The van der Waals surface area contributed by atoms with Gasteiger partial charge in [0.15, 0.2) is 0 Å². The van der Waals surface area contributed by atoms with Gasteiger partial charge in [-0.15, -0.1) is 0 Å². The third kappa shape index (κ3) is 3.39. The molecule has 2 nitrogen and oxygen atoms in total. The highest BCUT2D eigenvalue weighted by Crippen LogP contribution is 2.17. The number of aryl methyl sites for hydroxylation is 1. The van der Waals surface area contributed by atoms with Crippen LogP contribution >= 0.6 is 0 Å². The lowest BCUT2D eigenvalue weighted by Gasteiger charge is -2.16. The molecular formula is C13H18O2. The van der Waals surface area contributed by atoms with Crippen LogP contribution in [0.15, 0.2) is 24.3 Å². The zero-order valence-corrected chi connectivity index (χ0v) is 9.53. The Kier molecular flexibility index (Phi) is 3.89. The van der Waals surface area contributed by atoms with E-state index >= 15 is 0 Å².